The van der Waals surface area contributed by atoms with Crippen LogP contribution in [0.3, 0.4) is 0 Å². The first kappa shape index (κ1) is 17.0. The molecule has 4 aliphatic rings. The largest absolute Gasteiger partial charge is 0.416 e. The van der Waals surface area contributed by atoms with E-state index in [0.717, 1.165) is 30.3 Å². The van der Waals surface area contributed by atoms with E-state index in [4.69, 9.17) is 4.43 Å². The lowest BCUT2D eigenvalue weighted by atomic mass is 9.52. The van der Waals surface area contributed by atoms with Crippen molar-refractivity contribution in [3.05, 3.63) is 5.92 Å². The van der Waals surface area contributed by atoms with Crippen molar-refractivity contribution in [1.29, 1.82) is 0 Å². The molecular weight excluding hydrogens is 284 g/mol. The Labute approximate surface area is 139 Å². The Kier molecular flexibility index (Phi) is 4.82. The second-order valence-corrected chi connectivity index (χ2v) is 15.0. The highest BCUT2D eigenvalue weighted by atomic mass is 28.4. The van der Waals surface area contributed by atoms with Crippen LogP contribution in [0.15, 0.2) is 0 Å². The molecule has 2 heteroatoms. The lowest BCUT2D eigenvalue weighted by molar-refractivity contribution is 0.0180. The molecule has 0 aromatic rings. The molecule has 0 N–H and O–H groups in total. The van der Waals surface area contributed by atoms with Crippen LogP contribution in [0.5, 0.6) is 0 Å². The van der Waals surface area contributed by atoms with Gasteiger partial charge >= 0.3 is 0 Å². The van der Waals surface area contributed by atoms with Crippen molar-refractivity contribution in [3.63, 3.8) is 0 Å². The molecule has 22 heavy (non-hydrogen) atoms. The van der Waals surface area contributed by atoms with E-state index in [1.54, 1.807) is 0 Å². The summed E-state index contributed by atoms with van der Waals surface area (Å²) in [7, 11) is -1.68. The van der Waals surface area contributed by atoms with Gasteiger partial charge in [0.15, 0.2) is 8.32 Å². The average Bonchev–Trinajstić information content (AvgIpc) is 2.39. The van der Waals surface area contributed by atoms with E-state index >= 15 is 0 Å². The van der Waals surface area contributed by atoms with Crippen molar-refractivity contribution in [2.75, 3.05) is 6.61 Å². The van der Waals surface area contributed by atoms with Crippen LogP contribution >= 0.6 is 0 Å². The zero-order valence-electron chi connectivity index (χ0n) is 15.7. The molecule has 3 unspecified atom stereocenters. The fourth-order valence-corrected chi connectivity index (χ4v) is 12.2. The molecule has 1 radical (unpaired) electrons. The first-order valence-corrected chi connectivity index (χ1v) is 12.0. The Morgan fingerprint density at radius 2 is 1.36 bits per heavy atom. The fourth-order valence-electron chi connectivity index (χ4n) is 6.73. The van der Waals surface area contributed by atoms with Crippen LogP contribution in [-0.4, -0.2) is 14.9 Å². The minimum absolute atomic E-state index is 0.717. The summed E-state index contributed by atoms with van der Waals surface area (Å²) >= 11 is 0. The van der Waals surface area contributed by atoms with Gasteiger partial charge in [-0.3, -0.25) is 0 Å². The predicted octanol–water partition coefficient (Wildman–Crippen LogP) is 6.21. The van der Waals surface area contributed by atoms with Crippen molar-refractivity contribution >= 4 is 8.32 Å². The Morgan fingerprint density at radius 3 is 1.77 bits per heavy atom. The maximum atomic E-state index is 6.96. The van der Waals surface area contributed by atoms with Crippen LogP contribution in [0.2, 0.25) is 16.6 Å². The van der Waals surface area contributed by atoms with E-state index in [1.165, 1.54) is 32.1 Å². The molecule has 0 saturated heterocycles. The Balaban J connectivity index is 1.70. The highest BCUT2D eigenvalue weighted by Crippen LogP contribution is 2.58. The molecule has 0 aromatic heterocycles. The first-order chi connectivity index (χ1) is 10.3. The Hall–Kier alpha value is 0.177. The van der Waals surface area contributed by atoms with Crippen LogP contribution in [0.1, 0.15) is 73.6 Å². The average molecular weight is 322 g/mol. The summed E-state index contributed by atoms with van der Waals surface area (Å²) in [5.41, 5.74) is 2.15. The lowest BCUT2D eigenvalue weighted by Crippen LogP contribution is -2.51. The number of rotatable bonds is 6. The molecule has 0 heterocycles. The van der Waals surface area contributed by atoms with Gasteiger partial charge in [0.1, 0.15) is 0 Å². The molecule has 0 amide bonds. The van der Waals surface area contributed by atoms with Gasteiger partial charge in [-0.25, -0.2) is 0 Å². The maximum Gasteiger partial charge on any atom is 0.200 e. The standard InChI is InChI=1S/C20H37OSi/c1-13(2)22(14(3)4,15(5)6)21-12-20-18-8-16-7-17(10-18)11-19(20)9-16/h13-18,20H,7-12H2,1-6H3. The minimum Gasteiger partial charge on any atom is -0.416 e. The van der Waals surface area contributed by atoms with Crippen LogP contribution < -0.4 is 0 Å². The van der Waals surface area contributed by atoms with Gasteiger partial charge in [-0.15, -0.1) is 0 Å². The summed E-state index contributed by atoms with van der Waals surface area (Å²) in [5.74, 6) is 5.79. The summed E-state index contributed by atoms with van der Waals surface area (Å²) in [4.78, 5) is 0. The summed E-state index contributed by atoms with van der Waals surface area (Å²) in [6.07, 6.45) is 7.44. The normalized spacial score (nSPS) is 35.3. The van der Waals surface area contributed by atoms with Crippen LogP contribution in [0.25, 0.3) is 0 Å². The van der Waals surface area contributed by atoms with Crippen molar-refractivity contribution < 1.29 is 4.43 Å². The highest BCUT2D eigenvalue weighted by Gasteiger charge is 2.51. The summed E-state index contributed by atoms with van der Waals surface area (Å²) < 4.78 is 6.96. The molecule has 4 fully saturated rings. The van der Waals surface area contributed by atoms with Gasteiger partial charge in [0.05, 0.1) is 0 Å². The Bertz CT molecular complexity index is 337. The third-order valence-electron chi connectivity index (χ3n) is 7.35. The maximum absolute atomic E-state index is 6.96. The zero-order chi connectivity index (χ0) is 16.1. The van der Waals surface area contributed by atoms with E-state index in [9.17, 15) is 0 Å². The molecule has 127 valence electrons. The van der Waals surface area contributed by atoms with Gasteiger partial charge in [-0.05, 0) is 78.3 Å². The SMILES string of the molecule is CC(C)[Si](OCC1[C]2CC3CC(C2)CC1C3)(C(C)C)C(C)C. The lowest BCUT2D eigenvalue weighted by Gasteiger charge is -2.55. The quantitative estimate of drug-likeness (QED) is 0.528. The van der Waals surface area contributed by atoms with E-state index < -0.39 is 8.32 Å². The van der Waals surface area contributed by atoms with Gasteiger partial charge in [0.25, 0.3) is 0 Å². The molecule has 0 spiro atoms. The second kappa shape index (κ2) is 6.24. The van der Waals surface area contributed by atoms with Gasteiger partial charge < -0.3 is 4.43 Å². The molecular formula is C20H37OSi. The van der Waals surface area contributed by atoms with Crippen molar-refractivity contribution in [1.82, 2.24) is 0 Å². The van der Waals surface area contributed by atoms with E-state index in [2.05, 4.69) is 41.5 Å². The minimum atomic E-state index is -1.68. The van der Waals surface area contributed by atoms with Gasteiger partial charge in [0.2, 0.25) is 0 Å². The second-order valence-electron chi connectivity index (χ2n) is 9.50. The molecule has 4 aliphatic carbocycles. The molecule has 4 saturated carbocycles. The third-order valence-corrected chi connectivity index (χ3v) is 13.4. The molecule has 4 bridgehead atoms. The number of hydrogen-bond acceptors (Lipinski definition) is 1. The fraction of sp³-hybridized carbons (Fsp3) is 0.950. The van der Waals surface area contributed by atoms with Crippen molar-refractivity contribution in [3.8, 4) is 0 Å². The number of hydrogen-bond donors (Lipinski definition) is 0. The van der Waals surface area contributed by atoms with Gasteiger partial charge in [0, 0.05) is 6.61 Å². The topological polar surface area (TPSA) is 9.23 Å². The molecule has 4 rings (SSSR count). The third kappa shape index (κ3) is 2.73. The zero-order valence-corrected chi connectivity index (χ0v) is 16.7. The van der Waals surface area contributed by atoms with Crippen LogP contribution in [0, 0.1) is 29.6 Å². The molecule has 0 aromatic carbocycles. The smallest absolute Gasteiger partial charge is 0.200 e. The highest BCUT2D eigenvalue weighted by molar-refractivity contribution is 6.77. The van der Waals surface area contributed by atoms with Crippen molar-refractivity contribution in [2.45, 2.75) is 90.3 Å². The van der Waals surface area contributed by atoms with E-state index in [1.807, 2.05) is 5.92 Å². The monoisotopic (exact) mass is 321 g/mol. The molecule has 0 aliphatic heterocycles. The summed E-state index contributed by atoms with van der Waals surface area (Å²) in [6, 6.07) is 0. The van der Waals surface area contributed by atoms with Crippen molar-refractivity contribution in [2.24, 2.45) is 23.7 Å². The first-order valence-electron chi connectivity index (χ1n) is 9.83. The Morgan fingerprint density at radius 1 is 0.864 bits per heavy atom. The molecule has 1 nitrogen and oxygen atoms in total. The van der Waals surface area contributed by atoms with E-state index in [-0.39, 0.29) is 0 Å². The van der Waals surface area contributed by atoms with Gasteiger partial charge in [-0.2, -0.15) is 0 Å². The summed E-state index contributed by atoms with van der Waals surface area (Å²) in [6.45, 7) is 15.5. The van der Waals surface area contributed by atoms with Crippen LogP contribution in [0.4, 0.5) is 0 Å². The summed E-state index contributed by atoms with van der Waals surface area (Å²) in [5, 5.41) is 0. The predicted molar refractivity (Wildman–Crippen MR) is 97.3 cm³/mol. The van der Waals surface area contributed by atoms with Crippen LogP contribution in [-0.2, 0) is 4.43 Å². The molecule has 3 atom stereocenters. The van der Waals surface area contributed by atoms with E-state index in [0.29, 0.717) is 16.6 Å². The van der Waals surface area contributed by atoms with Gasteiger partial charge in [-0.1, -0.05) is 41.5 Å².